The molecule has 2 saturated heterocycles. The number of hydrogen-bond acceptors (Lipinski definition) is 8. The second kappa shape index (κ2) is 10.6. The number of amides is 3. The van der Waals surface area contributed by atoms with Crippen LogP contribution in [0.25, 0.3) is 0 Å². The summed E-state index contributed by atoms with van der Waals surface area (Å²) >= 11 is 1.09. The highest BCUT2D eigenvalue weighted by molar-refractivity contribution is 8.14. The predicted molar refractivity (Wildman–Crippen MR) is 119 cm³/mol. The first-order valence-corrected chi connectivity index (χ1v) is 11.5. The van der Waals surface area contributed by atoms with Crippen LogP contribution < -0.4 is 5.73 Å². The van der Waals surface area contributed by atoms with E-state index in [2.05, 4.69) is 0 Å². The fourth-order valence-electron chi connectivity index (χ4n) is 4.09. The molecule has 0 aliphatic carbocycles. The molecule has 2 heterocycles. The SMILES string of the molecule is CC(=O)SC1CC(C(=O)N2CCC(C(N)=O)CC2)N(C(=O)OCc2ccc([N+](=O)[O-])cc2)C1. The molecule has 2 N–H and O–H groups in total. The third-order valence-electron chi connectivity index (χ3n) is 5.83. The molecular weight excluding hydrogens is 452 g/mol. The van der Waals surface area contributed by atoms with Crippen molar-refractivity contribution in [3.8, 4) is 0 Å². The zero-order valence-electron chi connectivity index (χ0n) is 18.2. The van der Waals surface area contributed by atoms with Gasteiger partial charge in [0.1, 0.15) is 12.6 Å². The number of benzene rings is 1. The molecule has 2 atom stereocenters. The molecule has 11 nitrogen and oxygen atoms in total. The molecule has 3 amide bonds. The molecule has 0 radical (unpaired) electrons. The number of ether oxygens (including phenoxy) is 1. The normalized spacial score (nSPS) is 21.0. The minimum absolute atomic E-state index is 0.0699. The highest BCUT2D eigenvalue weighted by atomic mass is 32.2. The molecule has 0 spiro atoms. The van der Waals surface area contributed by atoms with Crippen molar-refractivity contribution >= 4 is 40.5 Å². The summed E-state index contributed by atoms with van der Waals surface area (Å²) in [5.41, 5.74) is 5.86. The zero-order valence-corrected chi connectivity index (χ0v) is 19.0. The zero-order chi connectivity index (χ0) is 24.1. The number of piperidine rings is 1. The maximum Gasteiger partial charge on any atom is 0.410 e. The third-order valence-corrected chi connectivity index (χ3v) is 6.84. The van der Waals surface area contributed by atoms with Gasteiger partial charge in [-0.15, -0.1) is 0 Å². The number of primary amides is 1. The summed E-state index contributed by atoms with van der Waals surface area (Å²) in [7, 11) is 0. The van der Waals surface area contributed by atoms with Crippen molar-refractivity contribution < 1.29 is 28.8 Å². The second-order valence-electron chi connectivity index (χ2n) is 8.12. The Morgan fingerprint density at radius 2 is 1.82 bits per heavy atom. The lowest BCUT2D eigenvalue weighted by molar-refractivity contribution is -0.384. The highest BCUT2D eigenvalue weighted by Gasteiger charge is 2.43. The monoisotopic (exact) mass is 478 g/mol. The van der Waals surface area contributed by atoms with E-state index in [1.54, 1.807) is 4.90 Å². The average molecular weight is 479 g/mol. The van der Waals surface area contributed by atoms with E-state index >= 15 is 0 Å². The van der Waals surface area contributed by atoms with Gasteiger partial charge in [0.15, 0.2) is 5.12 Å². The van der Waals surface area contributed by atoms with E-state index in [-0.39, 0.29) is 46.9 Å². The number of hydrogen-bond donors (Lipinski definition) is 1. The minimum Gasteiger partial charge on any atom is -0.445 e. The number of rotatable bonds is 6. The van der Waals surface area contributed by atoms with Gasteiger partial charge in [-0.25, -0.2) is 4.79 Å². The number of non-ortho nitro benzene ring substituents is 1. The van der Waals surface area contributed by atoms with Crippen molar-refractivity contribution in [2.24, 2.45) is 11.7 Å². The lowest BCUT2D eigenvalue weighted by Crippen LogP contribution is -2.50. The fourth-order valence-corrected chi connectivity index (χ4v) is 5.07. The van der Waals surface area contributed by atoms with E-state index in [0.29, 0.717) is 37.9 Å². The molecule has 2 aliphatic rings. The van der Waals surface area contributed by atoms with Gasteiger partial charge in [-0.1, -0.05) is 11.8 Å². The fraction of sp³-hybridized carbons (Fsp3) is 0.524. The van der Waals surface area contributed by atoms with Gasteiger partial charge in [0.25, 0.3) is 5.69 Å². The Morgan fingerprint density at radius 1 is 1.18 bits per heavy atom. The first-order chi connectivity index (χ1) is 15.7. The van der Waals surface area contributed by atoms with Crippen LogP contribution in [0.3, 0.4) is 0 Å². The Kier molecular flexibility index (Phi) is 7.90. The van der Waals surface area contributed by atoms with Crippen molar-refractivity contribution in [1.29, 1.82) is 0 Å². The Bertz CT molecular complexity index is 931. The standard InChI is InChI=1S/C21H26N4O7S/c1-13(26)33-17-10-18(20(28)23-8-6-15(7-9-23)19(22)27)24(11-17)21(29)32-12-14-2-4-16(5-3-14)25(30)31/h2-5,15,17-18H,6-12H2,1H3,(H2,22,27). The first kappa shape index (κ1) is 24.5. The number of thioether (sulfide) groups is 1. The van der Waals surface area contributed by atoms with Gasteiger partial charge >= 0.3 is 6.09 Å². The lowest BCUT2D eigenvalue weighted by atomic mass is 9.95. The number of nitrogens with zero attached hydrogens (tertiary/aromatic N) is 3. The van der Waals surface area contributed by atoms with Crippen LogP contribution in [0.15, 0.2) is 24.3 Å². The minimum atomic E-state index is -0.767. The molecule has 0 saturated carbocycles. The molecule has 3 rings (SSSR count). The van der Waals surface area contributed by atoms with Gasteiger partial charge < -0.3 is 15.4 Å². The maximum absolute atomic E-state index is 13.2. The molecule has 1 aromatic rings. The molecule has 2 aliphatic heterocycles. The molecule has 12 heteroatoms. The van der Waals surface area contributed by atoms with Gasteiger partial charge in [-0.3, -0.25) is 29.4 Å². The van der Waals surface area contributed by atoms with Gasteiger partial charge in [0.2, 0.25) is 11.8 Å². The number of carbonyl (C=O) groups excluding carboxylic acids is 4. The smallest absolute Gasteiger partial charge is 0.410 e. The van der Waals surface area contributed by atoms with Crippen molar-refractivity contribution in [3.05, 3.63) is 39.9 Å². The van der Waals surface area contributed by atoms with Gasteiger partial charge in [0.05, 0.1) is 4.92 Å². The molecule has 1 aromatic carbocycles. The van der Waals surface area contributed by atoms with Crippen LogP contribution in [-0.2, 0) is 25.7 Å². The van der Waals surface area contributed by atoms with Gasteiger partial charge in [-0.05, 0) is 37.0 Å². The average Bonchev–Trinajstić information content (AvgIpc) is 3.20. The van der Waals surface area contributed by atoms with Crippen LogP contribution in [0.1, 0.15) is 31.7 Å². The molecule has 2 unspecified atom stereocenters. The van der Waals surface area contributed by atoms with E-state index in [1.165, 1.54) is 36.1 Å². The quantitative estimate of drug-likeness (QED) is 0.479. The molecule has 2 fully saturated rings. The van der Waals surface area contributed by atoms with Crippen LogP contribution in [0.4, 0.5) is 10.5 Å². The van der Waals surface area contributed by atoms with Crippen molar-refractivity contribution in [1.82, 2.24) is 9.80 Å². The highest BCUT2D eigenvalue weighted by Crippen LogP contribution is 2.31. The summed E-state index contributed by atoms with van der Waals surface area (Å²) < 4.78 is 5.37. The summed E-state index contributed by atoms with van der Waals surface area (Å²) in [5.74, 6) is -0.879. The number of likely N-dealkylation sites (tertiary alicyclic amines) is 2. The van der Waals surface area contributed by atoms with E-state index in [9.17, 15) is 29.3 Å². The summed E-state index contributed by atoms with van der Waals surface area (Å²) in [6.45, 7) is 2.27. The summed E-state index contributed by atoms with van der Waals surface area (Å²) in [5, 5.41) is 10.4. The Hall–Kier alpha value is -3.15. The number of carbonyl (C=O) groups is 4. The van der Waals surface area contributed by atoms with E-state index in [1.807, 2.05) is 0 Å². The molecular formula is C21H26N4O7S. The summed E-state index contributed by atoms with van der Waals surface area (Å²) in [6, 6.07) is 4.86. The van der Waals surface area contributed by atoms with Crippen LogP contribution in [0.2, 0.25) is 0 Å². The van der Waals surface area contributed by atoms with Crippen LogP contribution >= 0.6 is 11.8 Å². The Labute approximate surface area is 194 Å². The molecule has 178 valence electrons. The topological polar surface area (TPSA) is 153 Å². The van der Waals surface area contributed by atoms with Crippen LogP contribution in [-0.4, -0.2) is 68.7 Å². The summed E-state index contributed by atoms with van der Waals surface area (Å²) in [4.78, 5) is 62.2. The number of nitro groups is 1. The van der Waals surface area contributed by atoms with E-state index in [4.69, 9.17) is 10.5 Å². The molecule has 0 aromatic heterocycles. The maximum atomic E-state index is 13.2. The number of nitrogens with two attached hydrogens (primary N) is 1. The summed E-state index contributed by atoms with van der Waals surface area (Å²) in [6.07, 6.45) is 0.588. The Balaban J connectivity index is 1.65. The lowest BCUT2D eigenvalue weighted by Gasteiger charge is -2.34. The second-order valence-corrected chi connectivity index (χ2v) is 9.59. The number of nitro benzene ring substituents is 1. The first-order valence-electron chi connectivity index (χ1n) is 10.6. The predicted octanol–water partition coefficient (Wildman–Crippen LogP) is 1.68. The largest absolute Gasteiger partial charge is 0.445 e. The molecule has 0 bridgehead atoms. The van der Waals surface area contributed by atoms with Crippen molar-refractivity contribution in [3.63, 3.8) is 0 Å². The van der Waals surface area contributed by atoms with E-state index in [0.717, 1.165) is 11.8 Å². The third kappa shape index (κ3) is 6.21. The van der Waals surface area contributed by atoms with Gasteiger partial charge in [0, 0.05) is 49.9 Å². The van der Waals surface area contributed by atoms with Gasteiger partial charge in [-0.2, -0.15) is 0 Å². The van der Waals surface area contributed by atoms with Crippen LogP contribution in [0, 0.1) is 16.0 Å². The molecule has 33 heavy (non-hydrogen) atoms. The van der Waals surface area contributed by atoms with Crippen LogP contribution in [0.5, 0.6) is 0 Å². The van der Waals surface area contributed by atoms with Crippen molar-refractivity contribution in [2.75, 3.05) is 19.6 Å². The van der Waals surface area contributed by atoms with Crippen molar-refractivity contribution in [2.45, 2.75) is 44.1 Å². The Morgan fingerprint density at radius 3 is 2.36 bits per heavy atom. The van der Waals surface area contributed by atoms with E-state index < -0.39 is 17.1 Å².